The van der Waals surface area contributed by atoms with Crippen LogP contribution in [0.2, 0.25) is 0 Å². The van der Waals surface area contributed by atoms with Crippen LogP contribution in [0.4, 0.5) is 0 Å². The summed E-state index contributed by atoms with van der Waals surface area (Å²) in [7, 11) is 3.07. The molecule has 0 amide bonds. The first-order chi connectivity index (χ1) is 18.0. The van der Waals surface area contributed by atoms with Crippen molar-refractivity contribution in [2.75, 3.05) is 14.2 Å². The zero-order chi connectivity index (χ0) is 26.4. The van der Waals surface area contributed by atoms with Gasteiger partial charge in [0.05, 0.1) is 19.8 Å². The Labute approximate surface area is 215 Å². The summed E-state index contributed by atoms with van der Waals surface area (Å²) in [5.74, 6) is 1.09. The molecular formula is C29H31N3O5. The van der Waals surface area contributed by atoms with Gasteiger partial charge in [0, 0.05) is 30.8 Å². The van der Waals surface area contributed by atoms with E-state index in [1.165, 1.54) is 29.4 Å². The van der Waals surface area contributed by atoms with Gasteiger partial charge in [-0.05, 0) is 42.3 Å². The summed E-state index contributed by atoms with van der Waals surface area (Å²) in [6.45, 7) is 2.10. The molecule has 2 aromatic heterocycles. The van der Waals surface area contributed by atoms with Gasteiger partial charge in [0.2, 0.25) is 5.88 Å². The van der Waals surface area contributed by atoms with Gasteiger partial charge in [-0.15, -0.1) is 0 Å². The van der Waals surface area contributed by atoms with Crippen LogP contribution >= 0.6 is 0 Å². The molecule has 0 spiro atoms. The molecule has 2 aromatic carbocycles. The van der Waals surface area contributed by atoms with E-state index in [0.29, 0.717) is 35.1 Å². The molecule has 0 aliphatic carbocycles. The number of aromatic nitrogens is 3. The minimum atomic E-state index is -0.384. The van der Waals surface area contributed by atoms with Crippen molar-refractivity contribution in [2.45, 2.75) is 39.0 Å². The van der Waals surface area contributed by atoms with Gasteiger partial charge in [0.25, 0.3) is 11.1 Å². The number of benzene rings is 2. The zero-order valence-electron chi connectivity index (χ0n) is 21.3. The third kappa shape index (κ3) is 5.43. The number of hydrogen-bond acceptors (Lipinski definition) is 6. The lowest BCUT2D eigenvalue weighted by atomic mass is 10.1. The summed E-state index contributed by atoms with van der Waals surface area (Å²) in [4.78, 5) is 30.5. The summed E-state index contributed by atoms with van der Waals surface area (Å²) >= 11 is 0. The van der Waals surface area contributed by atoms with Gasteiger partial charge < -0.3 is 14.6 Å². The van der Waals surface area contributed by atoms with Gasteiger partial charge in [-0.25, -0.2) is 0 Å². The molecular weight excluding hydrogens is 470 g/mol. The Balaban J connectivity index is 1.80. The van der Waals surface area contributed by atoms with E-state index in [1.54, 1.807) is 36.5 Å². The molecule has 0 bridgehead atoms. The molecule has 0 saturated carbocycles. The maximum absolute atomic E-state index is 13.9. The number of nitrogens with zero attached hydrogens (tertiary/aromatic N) is 3. The molecule has 0 atom stereocenters. The first kappa shape index (κ1) is 25.8. The van der Waals surface area contributed by atoms with Gasteiger partial charge in [0.15, 0.2) is 0 Å². The van der Waals surface area contributed by atoms with Crippen LogP contribution in [0.15, 0.2) is 76.4 Å². The molecule has 192 valence electrons. The van der Waals surface area contributed by atoms with Crippen molar-refractivity contribution in [3.63, 3.8) is 0 Å². The molecule has 0 fully saturated rings. The molecule has 0 saturated heterocycles. The number of pyridine rings is 1. The number of hydrogen-bond donors (Lipinski definition) is 1. The molecule has 0 aliphatic heterocycles. The Hall–Kier alpha value is -4.33. The summed E-state index contributed by atoms with van der Waals surface area (Å²) in [5, 5.41) is 10.9. The number of para-hydroxylation sites is 1. The van der Waals surface area contributed by atoms with E-state index >= 15 is 0 Å². The zero-order valence-corrected chi connectivity index (χ0v) is 21.3. The molecule has 4 rings (SSSR count). The summed E-state index contributed by atoms with van der Waals surface area (Å²) in [6, 6.07) is 17.6. The smallest absolute Gasteiger partial charge is 0.265 e. The van der Waals surface area contributed by atoms with E-state index < -0.39 is 0 Å². The van der Waals surface area contributed by atoms with Crippen molar-refractivity contribution in [3.8, 4) is 28.8 Å². The predicted octanol–water partition coefficient (Wildman–Crippen LogP) is 4.43. The van der Waals surface area contributed by atoms with E-state index in [1.807, 2.05) is 24.3 Å². The van der Waals surface area contributed by atoms with Gasteiger partial charge in [-0.2, -0.15) is 4.98 Å². The fourth-order valence-electron chi connectivity index (χ4n) is 4.34. The van der Waals surface area contributed by atoms with Crippen LogP contribution in [-0.4, -0.2) is 33.4 Å². The highest BCUT2D eigenvalue weighted by Gasteiger charge is 2.22. The van der Waals surface area contributed by atoms with Crippen molar-refractivity contribution in [3.05, 3.63) is 105 Å². The fraction of sp³-hybridized carbons (Fsp3) is 0.276. The van der Waals surface area contributed by atoms with Crippen LogP contribution in [0.3, 0.4) is 0 Å². The SMILES string of the molecule is CCCCCc1nc(O)c(Cc2ccc(-n3ccccc3=O)cc2)c(=O)n1-c1c(OC)cccc1OC. The monoisotopic (exact) mass is 501 g/mol. The topological polar surface area (TPSA) is 95.6 Å². The average Bonchev–Trinajstić information content (AvgIpc) is 2.91. The molecule has 0 radical (unpaired) electrons. The highest BCUT2D eigenvalue weighted by atomic mass is 16.5. The Kier molecular flexibility index (Phi) is 8.08. The second-order valence-electron chi connectivity index (χ2n) is 8.69. The lowest BCUT2D eigenvalue weighted by Crippen LogP contribution is -2.28. The second-order valence-corrected chi connectivity index (χ2v) is 8.69. The van der Waals surface area contributed by atoms with Crippen molar-refractivity contribution >= 4 is 0 Å². The quantitative estimate of drug-likeness (QED) is 0.323. The number of aromatic hydroxyl groups is 1. The molecule has 1 N–H and O–H groups in total. The largest absolute Gasteiger partial charge is 0.494 e. The first-order valence-electron chi connectivity index (χ1n) is 12.3. The minimum absolute atomic E-state index is 0.135. The van der Waals surface area contributed by atoms with E-state index in [2.05, 4.69) is 11.9 Å². The van der Waals surface area contributed by atoms with Crippen LogP contribution in [-0.2, 0) is 12.8 Å². The number of rotatable bonds is 10. The maximum atomic E-state index is 13.9. The fourth-order valence-corrected chi connectivity index (χ4v) is 4.34. The second kappa shape index (κ2) is 11.6. The van der Waals surface area contributed by atoms with E-state index in [0.717, 1.165) is 24.8 Å². The summed E-state index contributed by atoms with van der Waals surface area (Å²) in [6.07, 6.45) is 5.17. The lowest BCUT2D eigenvalue weighted by molar-refractivity contribution is 0.387. The molecule has 4 aromatic rings. The lowest BCUT2D eigenvalue weighted by Gasteiger charge is -2.19. The third-order valence-electron chi connectivity index (χ3n) is 6.27. The van der Waals surface area contributed by atoms with Crippen LogP contribution in [0.5, 0.6) is 17.4 Å². The Morgan fingerprint density at radius 2 is 1.59 bits per heavy atom. The van der Waals surface area contributed by atoms with E-state index in [9.17, 15) is 14.7 Å². The first-order valence-corrected chi connectivity index (χ1v) is 12.3. The van der Waals surface area contributed by atoms with Crippen molar-refractivity contribution in [1.29, 1.82) is 0 Å². The van der Waals surface area contributed by atoms with Crippen molar-refractivity contribution in [2.24, 2.45) is 0 Å². The Morgan fingerprint density at radius 1 is 0.892 bits per heavy atom. The van der Waals surface area contributed by atoms with Crippen molar-refractivity contribution in [1.82, 2.24) is 14.1 Å². The highest BCUT2D eigenvalue weighted by molar-refractivity contribution is 5.58. The van der Waals surface area contributed by atoms with Crippen molar-refractivity contribution < 1.29 is 14.6 Å². The third-order valence-corrected chi connectivity index (χ3v) is 6.27. The number of ether oxygens (including phenoxy) is 2. The molecule has 0 unspecified atom stereocenters. The van der Waals surface area contributed by atoms with Crippen LogP contribution in [0.25, 0.3) is 11.4 Å². The van der Waals surface area contributed by atoms with Crippen LogP contribution in [0.1, 0.15) is 43.1 Å². The predicted molar refractivity (Wildman–Crippen MR) is 143 cm³/mol. The molecule has 8 heteroatoms. The molecule has 0 aliphatic rings. The van der Waals surface area contributed by atoms with Crippen LogP contribution < -0.4 is 20.6 Å². The molecule has 37 heavy (non-hydrogen) atoms. The Bertz CT molecular complexity index is 1470. The van der Waals surface area contributed by atoms with Gasteiger partial charge in [-0.3, -0.25) is 18.7 Å². The summed E-state index contributed by atoms with van der Waals surface area (Å²) < 4.78 is 14.2. The summed E-state index contributed by atoms with van der Waals surface area (Å²) in [5.41, 5.74) is 1.60. The minimum Gasteiger partial charge on any atom is -0.494 e. The highest BCUT2D eigenvalue weighted by Crippen LogP contribution is 2.33. The molecule has 8 nitrogen and oxygen atoms in total. The van der Waals surface area contributed by atoms with E-state index in [4.69, 9.17) is 9.47 Å². The number of methoxy groups -OCH3 is 2. The average molecular weight is 502 g/mol. The van der Waals surface area contributed by atoms with Crippen LogP contribution in [0, 0.1) is 0 Å². The van der Waals surface area contributed by atoms with E-state index in [-0.39, 0.29) is 29.0 Å². The maximum Gasteiger partial charge on any atom is 0.265 e. The van der Waals surface area contributed by atoms with Gasteiger partial charge >= 0.3 is 0 Å². The number of aryl methyl sites for hydroxylation is 1. The molecule has 2 heterocycles. The van der Waals surface area contributed by atoms with Gasteiger partial charge in [0.1, 0.15) is 23.0 Å². The van der Waals surface area contributed by atoms with Gasteiger partial charge in [-0.1, -0.05) is 44.0 Å². The standard InChI is InChI=1S/C29H31N3O5/c1-4-5-6-12-25-30-28(34)22(29(35)32(25)27-23(36-2)10-9-11-24(27)37-3)19-20-14-16-21(17-15-20)31-18-8-7-13-26(31)33/h7-11,13-18,34H,4-6,12,19H2,1-3H3. The normalized spacial score (nSPS) is 10.9. The number of unbranched alkanes of at least 4 members (excludes halogenated alkanes) is 2. The Morgan fingerprint density at radius 3 is 2.22 bits per heavy atom.